The van der Waals surface area contributed by atoms with E-state index in [0.29, 0.717) is 23.9 Å². The summed E-state index contributed by atoms with van der Waals surface area (Å²) in [6, 6.07) is 3.87. The third-order valence-electron chi connectivity index (χ3n) is 3.07. The van der Waals surface area contributed by atoms with Crippen LogP contribution in [0.1, 0.15) is 18.1 Å². The Morgan fingerprint density at radius 3 is 2.29 bits per heavy atom. The highest BCUT2D eigenvalue weighted by Crippen LogP contribution is 2.39. The maximum absolute atomic E-state index is 5.87. The molecule has 0 saturated carbocycles. The molecule has 1 aromatic heterocycles. The summed E-state index contributed by atoms with van der Waals surface area (Å²) in [6.45, 7) is 3.30. The van der Waals surface area contributed by atoms with Crippen molar-refractivity contribution in [1.29, 1.82) is 0 Å². The molecule has 0 N–H and O–H groups in total. The van der Waals surface area contributed by atoms with Gasteiger partial charge in [0.15, 0.2) is 11.5 Å². The first-order valence-corrected chi connectivity index (χ1v) is 7.79. The van der Waals surface area contributed by atoms with E-state index in [1.165, 1.54) is 0 Å². The molecule has 6 heteroatoms. The molecule has 0 spiro atoms. The summed E-state index contributed by atoms with van der Waals surface area (Å²) < 4.78 is 18.5. The SMILES string of the molecule is CCn1cc(COc2c(OC)cc(CBr)cc2OC)cn1. The number of nitrogens with zero attached hydrogens (tertiary/aromatic N) is 2. The highest BCUT2D eigenvalue weighted by molar-refractivity contribution is 9.08. The quantitative estimate of drug-likeness (QED) is 0.715. The molecule has 0 fully saturated rings. The van der Waals surface area contributed by atoms with Gasteiger partial charge >= 0.3 is 0 Å². The third kappa shape index (κ3) is 3.69. The second-order valence-corrected chi connectivity index (χ2v) is 5.02. The maximum atomic E-state index is 5.87. The molecule has 114 valence electrons. The zero-order valence-corrected chi connectivity index (χ0v) is 14.0. The predicted molar refractivity (Wildman–Crippen MR) is 84.4 cm³/mol. The van der Waals surface area contributed by atoms with Crippen LogP contribution in [0.3, 0.4) is 0 Å². The van der Waals surface area contributed by atoms with Crippen LogP contribution in [0.15, 0.2) is 24.5 Å². The molecule has 21 heavy (non-hydrogen) atoms. The molecule has 2 rings (SSSR count). The Morgan fingerprint density at radius 1 is 1.14 bits per heavy atom. The van der Waals surface area contributed by atoms with Gasteiger partial charge in [-0.15, -0.1) is 0 Å². The monoisotopic (exact) mass is 354 g/mol. The van der Waals surface area contributed by atoms with Crippen LogP contribution in [0.2, 0.25) is 0 Å². The summed E-state index contributed by atoms with van der Waals surface area (Å²) in [5.74, 6) is 1.92. The first-order chi connectivity index (χ1) is 10.2. The first kappa shape index (κ1) is 15.7. The van der Waals surface area contributed by atoms with Crippen molar-refractivity contribution in [3.8, 4) is 17.2 Å². The molecule has 0 aliphatic carbocycles. The molecule has 0 aliphatic heterocycles. The molecular weight excluding hydrogens is 336 g/mol. The van der Waals surface area contributed by atoms with Crippen LogP contribution < -0.4 is 14.2 Å². The van der Waals surface area contributed by atoms with Crippen molar-refractivity contribution in [2.75, 3.05) is 14.2 Å². The minimum atomic E-state index is 0.417. The van der Waals surface area contributed by atoms with Crippen molar-refractivity contribution in [2.24, 2.45) is 0 Å². The Bertz CT molecular complexity index is 573. The smallest absolute Gasteiger partial charge is 0.203 e. The zero-order chi connectivity index (χ0) is 15.2. The lowest BCUT2D eigenvalue weighted by Gasteiger charge is -2.15. The highest BCUT2D eigenvalue weighted by Gasteiger charge is 2.14. The number of benzene rings is 1. The van der Waals surface area contributed by atoms with Crippen LogP contribution in [0.4, 0.5) is 0 Å². The molecule has 0 radical (unpaired) electrons. The van der Waals surface area contributed by atoms with E-state index in [2.05, 4.69) is 21.0 Å². The van der Waals surface area contributed by atoms with Gasteiger partial charge in [-0.1, -0.05) is 15.9 Å². The molecule has 0 saturated heterocycles. The Balaban J connectivity index is 2.21. The van der Waals surface area contributed by atoms with Crippen molar-refractivity contribution in [3.05, 3.63) is 35.7 Å². The number of alkyl halides is 1. The normalized spacial score (nSPS) is 10.5. The summed E-state index contributed by atoms with van der Waals surface area (Å²) >= 11 is 3.43. The van der Waals surface area contributed by atoms with Crippen molar-refractivity contribution in [2.45, 2.75) is 25.4 Å². The van der Waals surface area contributed by atoms with Gasteiger partial charge in [0.25, 0.3) is 0 Å². The van der Waals surface area contributed by atoms with E-state index < -0.39 is 0 Å². The topological polar surface area (TPSA) is 45.5 Å². The molecule has 1 heterocycles. The maximum Gasteiger partial charge on any atom is 0.203 e. The minimum absolute atomic E-state index is 0.417. The van der Waals surface area contributed by atoms with E-state index in [9.17, 15) is 0 Å². The van der Waals surface area contributed by atoms with Gasteiger partial charge in [-0.2, -0.15) is 5.10 Å². The molecule has 0 bridgehead atoms. The summed E-state index contributed by atoms with van der Waals surface area (Å²) in [7, 11) is 3.24. The summed E-state index contributed by atoms with van der Waals surface area (Å²) in [5.41, 5.74) is 2.07. The Hall–Kier alpha value is -1.69. The van der Waals surface area contributed by atoms with Gasteiger partial charge in [-0.25, -0.2) is 0 Å². The van der Waals surface area contributed by atoms with Gasteiger partial charge < -0.3 is 14.2 Å². The fraction of sp³-hybridized carbons (Fsp3) is 0.400. The lowest BCUT2D eigenvalue weighted by molar-refractivity contribution is 0.265. The zero-order valence-electron chi connectivity index (χ0n) is 12.4. The molecule has 0 atom stereocenters. The van der Waals surface area contributed by atoms with E-state index in [1.54, 1.807) is 20.4 Å². The summed E-state index contributed by atoms with van der Waals surface area (Å²) in [5, 5.41) is 4.95. The van der Waals surface area contributed by atoms with Gasteiger partial charge in [0.1, 0.15) is 6.61 Å². The lowest BCUT2D eigenvalue weighted by Crippen LogP contribution is -2.00. The number of aryl methyl sites for hydroxylation is 1. The molecule has 1 aromatic carbocycles. The highest BCUT2D eigenvalue weighted by atomic mass is 79.9. The number of rotatable bonds is 7. The van der Waals surface area contributed by atoms with Crippen LogP contribution >= 0.6 is 15.9 Å². The summed E-state index contributed by atoms with van der Waals surface area (Å²) in [6.07, 6.45) is 3.76. The van der Waals surface area contributed by atoms with E-state index in [-0.39, 0.29) is 0 Å². The Labute approximate surface area is 132 Å². The van der Waals surface area contributed by atoms with E-state index in [4.69, 9.17) is 14.2 Å². The standard InChI is InChI=1S/C15H19BrN2O3/c1-4-18-9-12(8-17-18)10-21-15-13(19-2)5-11(7-16)6-14(15)20-3/h5-6,8-9H,4,7,10H2,1-3H3. The molecule has 2 aromatic rings. The fourth-order valence-electron chi connectivity index (χ4n) is 1.96. The van der Waals surface area contributed by atoms with Crippen LogP contribution in [0.25, 0.3) is 0 Å². The van der Waals surface area contributed by atoms with Gasteiger partial charge in [0.05, 0.1) is 20.4 Å². The molecular formula is C15H19BrN2O3. The first-order valence-electron chi connectivity index (χ1n) is 6.66. The fourth-order valence-corrected chi connectivity index (χ4v) is 2.29. The van der Waals surface area contributed by atoms with E-state index in [1.807, 2.05) is 29.9 Å². The Kier molecular flexibility index (Phi) is 5.50. The van der Waals surface area contributed by atoms with Gasteiger partial charge in [0, 0.05) is 23.6 Å². The van der Waals surface area contributed by atoms with Crippen LogP contribution in [0.5, 0.6) is 17.2 Å². The van der Waals surface area contributed by atoms with Crippen molar-refractivity contribution in [1.82, 2.24) is 9.78 Å². The molecule has 0 aliphatic rings. The van der Waals surface area contributed by atoms with Crippen molar-refractivity contribution in [3.63, 3.8) is 0 Å². The number of halogens is 1. The molecule has 0 unspecified atom stereocenters. The number of methoxy groups -OCH3 is 2. The van der Waals surface area contributed by atoms with Crippen LogP contribution in [-0.4, -0.2) is 24.0 Å². The van der Waals surface area contributed by atoms with Gasteiger partial charge in [-0.05, 0) is 24.6 Å². The molecule has 5 nitrogen and oxygen atoms in total. The second kappa shape index (κ2) is 7.36. The van der Waals surface area contributed by atoms with Gasteiger partial charge in [0.2, 0.25) is 5.75 Å². The summed E-state index contributed by atoms with van der Waals surface area (Å²) in [4.78, 5) is 0. The van der Waals surface area contributed by atoms with Gasteiger partial charge in [-0.3, -0.25) is 4.68 Å². The average molecular weight is 355 g/mol. The number of hydrogen-bond acceptors (Lipinski definition) is 4. The van der Waals surface area contributed by atoms with Crippen LogP contribution in [0, 0.1) is 0 Å². The third-order valence-corrected chi connectivity index (χ3v) is 3.72. The van der Waals surface area contributed by atoms with E-state index in [0.717, 1.165) is 23.0 Å². The number of ether oxygens (including phenoxy) is 3. The second-order valence-electron chi connectivity index (χ2n) is 4.46. The van der Waals surface area contributed by atoms with Crippen molar-refractivity contribution < 1.29 is 14.2 Å². The number of aromatic nitrogens is 2. The largest absolute Gasteiger partial charge is 0.493 e. The lowest BCUT2D eigenvalue weighted by atomic mass is 10.2. The Morgan fingerprint density at radius 2 is 1.81 bits per heavy atom. The number of hydrogen-bond donors (Lipinski definition) is 0. The van der Waals surface area contributed by atoms with Crippen LogP contribution in [-0.2, 0) is 18.5 Å². The van der Waals surface area contributed by atoms with Crippen molar-refractivity contribution >= 4 is 15.9 Å². The predicted octanol–water partition coefficient (Wildman–Crippen LogP) is 3.39. The average Bonchev–Trinajstić information content (AvgIpc) is 2.99. The molecule has 0 amide bonds. The van der Waals surface area contributed by atoms with E-state index >= 15 is 0 Å². The minimum Gasteiger partial charge on any atom is -0.493 e.